The van der Waals surface area contributed by atoms with Gasteiger partial charge in [-0.2, -0.15) is 0 Å². The van der Waals surface area contributed by atoms with Crippen molar-refractivity contribution >= 4 is 40.7 Å². The number of aryl methyl sites for hydroxylation is 1. The Hall–Kier alpha value is -4.38. The zero-order valence-electron chi connectivity index (χ0n) is 24.1. The van der Waals surface area contributed by atoms with Crippen LogP contribution in [0.1, 0.15) is 67.3 Å². The summed E-state index contributed by atoms with van der Waals surface area (Å²) in [5.41, 5.74) is 3.12. The maximum absolute atomic E-state index is 13.1. The van der Waals surface area contributed by atoms with Crippen molar-refractivity contribution in [1.29, 1.82) is 0 Å². The van der Waals surface area contributed by atoms with Crippen LogP contribution in [0.3, 0.4) is 0 Å². The molecule has 0 saturated heterocycles. The van der Waals surface area contributed by atoms with Gasteiger partial charge in [0.15, 0.2) is 17.4 Å². The molecule has 2 heterocycles. The average Bonchev–Trinajstić information content (AvgIpc) is 3.32. The number of nitrogens with one attached hydrogen (secondary N) is 2. The molecule has 1 aliphatic heterocycles. The third-order valence-electron chi connectivity index (χ3n) is 7.74. The molecule has 3 aromatic rings. The molecule has 43 heavy (non-hydrogen) atoms. The fourth-order valence-corrected chi connectivity index (χ4v) is 5.58. The Balaban J connectivity index is 1.25. The van der Waals surface area contributed by atoms with E-state index in [1.54, 1.807) is 19.2 Å². The van der Waals surface area contributed by atoms with E-state index in [2.05, 4.69) is 20.8 Å². The van der Waals surface area contributed by atoms with Gasteiger partial charge in [-0.15, -0.1) is 10.2 Å². The van der Waals surface area contributed by atoms with Crippen LogP contribution in [0.15, 0.2) is 47.5 Å². The third kappa shape index (κ3) is 6.99. The van der Waals surface area contributed by atoms with Crippen molar-refractivity contribution in [2.24, 2.45) is 10.9 Å². The van der Waals surface area contributed by atoms with Gasteiger partial charge in [0, 0.05) is 48.5 Å². The lowest BCUT2D eigenvalue weighted by Gasteiger charge is -2.19. The Morgan fingerprint density at radius 2 is 1.77 bits per heavy atom. The molecule has 0 bridgehead atoms. The van der Waals surface area contributed by atoms with Crippen molar-refractivity contribution in [3.8, 4) is 11.4 Å². The third-order valence-corrected chi connectivity index (χ3v) is 7.99. The summed E-state index contributed by atoms with van der Waals surface area (Å²) in [4.78, 5) is 53.4. The molecule has 0 radical (unpaired) electrons. The molecular formula is C31H33ClN6O5. The zero-order valence-corrected chi connectivity index (χ0v) is 24.8. The first-order valence-electron chi connectivity index (χ1n) is 14.3. The lowest BCUT2D eigenvalue weighted by molar-refractivity contribution is -0.139. The van der Waals surface area contributed by atoms with E-state index in [1.165, 1.54) is 0 Å². The number of carbonyl (C=O) groups is 4. The maximum atomic E-state index is 13.1. The normalized spacial score (nSPS) is 17.8. The molecule has 1 fully saturated rings. The summed E-state index contributed by atoms with van der Waals surface area (Å²) in [6.45, 7) is 2.35. The topological polar surface area (TPSA) is 145 Å². The number of nitrogens with zero attached hydrogens (tertiary/aromatic N) is 4. The van der Waals surface area contributed by atoms with E-state index in [0.29, 0.717) is 41.0 Å². The first-order chi connectivity index (χ1) is 20.7. The van der Waals surface area contributed by atoms with Gasteiger partial charge in [-0.25, -0.2) is 0 Å². The van der Waals surface area contributed by atoms with Gasteiger partial charge in [-0.05, 0) is 56.0 Å². The molecule has 2 N–H and O–H groups in total. The predicted octanol–water partition coefficient (Wildman–Crippen LogP) is 3.47. The summed E-state index contributed by atoms with van der Waals surface area (Å²) in [6.07, 6.45) is 1.97. The number of fused-ring (bicyclic) bond motifs is 3. The number of hydrogen-bond donors (Lipinski definition) is 2. The summed E-state index contributed by atoms with van der Waals surface area (Å²) in [7, 11) is 1.60. The quantitative estimate of drug-likeness (QED) is 0.266. The van der Waals surface area contributed by atoms with E-state index in [4.69, 9.17) is 21.3 Å². The van der Waals surface area contributed by atoms with Crippen molar-refractivity contribution in [1.82, 2.24) is 25.4 Å². The minimum atomic E-state index is -0.634. The van der Waals surface area contributed by atoms with E-state index < -0.39 is 6.04 Å². The molecule has 2 aromatic carbocycles. The van der Waals surface area contributed by atoms with Crippen LogP contribution in [0.25, 0.3) is 5.69 Å². The Bertz CT molecular complexity index is 1580. The van der Waals surface area contributed by atoms with Gasteiger partial charge in [0.1, 0.15) is 17.6 Å². The number of Topliss-reactive ketones (excluding diaryl/α,β-unsaturated/α-hetero) is 2. The van der Waals surface area contributed by atoms with Gasteiger partial charge < -0.3 is 15.4 Å². The van der Waals surface area contributed by atoms with Crippen molar-refractivity contribution in [3.05, 3.63) is 70.3 Å². The Morgan fingerprint density at radius 1 is 1.02 bits per heavy atom. The molecule has 224 valence electrons. The summed E-state index contributed by atoms with van der Waals surface area (Å²) in [6, 6.07) is 12.4. The molecule has 0 spiro atoms. The molecular weight excluding hydrogens is 572 g/mol. The van der Waals surface area contributed by atoms with Crippen LogP contribution in [0.2, 0.25) is 5.02 Å². The number of hydrogen-bond acceptors (Lipinski definition) is 8. The van der Waals surface area contributed by atoms with E-state index in [0.717, 1.165) is 16.8 Å². The highest BCUT2D eigenvalue weighted by Gasteiger charge is 2.30. The Morgan fingerprint density at radius 3 is 2.49 bits per heavy atom. The molecule has 1 saturated carbocycles. The van der Waals surface area contributed by atoms with Crippen LogP contribution in [0.4, 0.5) is 0 Å². The van der Waals surface area contributed by atoms with Crippen molar-refractivity contribution in [3.63, 3.8) is 0 Å². The number of methoxy groups -OCH3 is 1. The van der Waals surface area contributed by atoms with Gasteiger partial charge >= 0.3 is 0 Å². The summed E-state index contributed by atoms with van der Waals surface area (Å²) < 4.78 is 7.42. The molecule has 1 aliphatic carbocycles. The van der Waals surface area contributed by atoms with Crippen molar-refractivity contribution < 1.29 is 23.9 Å². The number of aromatic nitrogens is 3. The minimum absolute atomic E-state index is 0.0166. The largest absolute Gasteiger partial charge is 0.497 e. The van der Waals surface area contributed by atoms with Gasteiger partial charge in [0.25, 0.3) is 0 Å². The molecule has 2 atom stereocenters. The van der Waals surface area contributed by atoms with Gasteiger partial charge in [-0.1, -0.05) is 23.7 Å². The van der Waals surface area contributed by atoms with Crippen LogP contribution in [0.5, 0.6) is 5.75 Å². The fraction of sp³-hybridized carbons (Fsp3) is 0.387. The molecule has 5 rings (SSSR count). The number of carbonyl (C=O) groups excluding carboxylic acids is 4. The first-order valence-corrected chi connectivity index (χ1v) is 14.6. The van der Waals surface area contributed by atoms with E-state index in [9.17, 15) is 19.2 Å². The fourth-order valence-electron chi connectivity index (χ4n) is 5.45. The highest BCUT2D eigenvalue weighted by molar-refractivity contribution is 6.37. The SMILES string of the molecule is COc1ccc2c(c1)C(c1ccc(Cl)cc1)=NC(CC(=O)NCCNC(=O)CCC1CCC(=O)C(=O)C1)c1nnc(C)n1-2. The zero-order chi connectivity index (χ0) is 30.5. The number of benzene rings is 2. The summed E-state index contributed by atoms with van der Waals surface area (Å²) in [5.74, 6) is 0.864. The number of ketones is 2. The highest BCUT2D eigenvalue weighted by Crippen LogP contribution is 2.34. The van der Waals surface area contributed by atoms with E-state index in [1.807, 2.05) is 41.8 Å². The number of rotatable bonds is 10. The molecule has 2 amide bonds. The van der Waals surface area contributed by atoms with Crippen molar-refractivity contribution in [2.45, 2.75) is 51.5 Å². The van der Waals surface area contributed by atoms with Gasteiger partial charge in [0.2, 0.25) is 11.8 Å². The lowest BCUT2D eigenvalue weighted by atomic mass is 9.84. The minimum Gasteiger partial charge on any atom is -0.497 e. The Kier molecular flexibility index (Phi) is 9.30. The molecule has 12 heteroatoms. The van der Waals surface area contributed by atoms with Crippen LogP contribution in [-0.2, 0) is 19.2 Å². The standard InChI is InChI=1S/C31H33ClN6O5/c1-18-36-37-31-24(17-29(42)34-14-13-33-28(41)12-4-19-3-11-26(39)27(40)15-19)35-30(20-5-7-21(32)8-6-20)23-16-22(43-2)9-10-25(23)38(18)31/h5-10,16,19,24H,3-4,11-15,17H2,1-2H3,(H,33,41)(H,34,42). The maximum Gasteiger partial charge on any atom is 0.222 e. The second-order valence-corrected chi connectivity index (χ2v) is 11.2. The van der Waals surface area contributed by atoms with E-state index >= 15 is 0 Å². The summed E-state index contributed by atoms with van der Waals surface area (Å²) >= 11 is 6.16. The molecule has 11 nitrogen and oxygen atoms in total. The van der Waals surface area contributed by atoms with Crippen LogP contribution in [0, 0.1) is 12.8 Å². The molecule has 2 unspecified atom stereocenters. The monoisotopic (exact) mass is 604 g/mol. The number of aliphatic imine (C=N–C) groups is 1. The molecule has 2 aliphatic rings. The van der Waals surface area contributed by atoms with Gasteiger partial charge in [-0.3, -0.25) is 28.7 Å². The van der Waals surface area contributed by atoms with Crippen LogP contribution in [-0.4, -0.2) is 64.1 Å². The van der Waals surface area contributed by atoms with Crippen molar-refractivity contribution in [2.75, 3.05) is 20.2 Å². The second-order valence-electron chi connectivity index (χ2n) is 10.7. The predicted molar refractivity (Wildman–Crippen MR) is 160 cm³/mol. The summed E-state index contributed by atoms with van der Waals surface area (Å²) in [5, 5.41) is 14.9. The highest BCUT2D eigenvalue weighted by atomic mass is 35.5. The number of amides is 2. The van der Waals surface area contributed by atoms with Crippen LogP contribution < -0.4 is 15.4 Å². The lowest BCUT2D eigenvalue weighted by Crippen LogP contribution is -2.35. The molecule has 1 aromatic heterocycles. The average molecular weight is 605 g/mol. The van der Waals surface area contributed by atoms with Crippen LogP contribution >= 0.6 is 11.6 Å². The van der Waals surface area contributed by atoms with E-state index in [-0.39, 0.29) is 68.1 Å². The van der Waals surface area contributed by atoms with Gasteiger partial charge in [0.05, 0.1) is 24.9 Å². The second kappa shape index (κ2) is 13.3. The smallest absolute Gasteiger partial charge is 0.222 e. The number of ether oxygens (including phenoxy) is 1. The first kappa shape index (κ1) is 30.1. The Labute approximate surface area is 254 Å². The number of halogens is 1.